The predicted molar refractivity (Wildman–Crippen MR) is 112 cm³/mol. The van der Waals surface area contributed by atoms with Gasteiger partial charge < -0.3 is 9.84 Å². The number of aliphatic hydroxyl groups is 1. The molecule has 2 aromatic carbocycles. The molecule has 0 aromatic heterocycles. The van der Waals surface area contributed by atoms with Crippen molar-refractivity contribution in [2.75, 3.05) is 13.2 Å². The van der Waals surface area contributed by atoms with Gasteiger partial charge in [-0.15, -0.1) is 0 Å². The lowest BCUT2D eigenvalue weighted by molar-refractivity contribution is -0.137. The molecular weight excluding hydrogens is 391 g/mol. The number of hydrogen-bond donors (Lipinski definition) is 1. The predicted octanol–water partition coefficient (Wildman–Crippen LogP) is 6.48. The molecule has 0 saturated heterocycles. The Kier molecular flexibility index (Phi) is 9.43. The molecule has 0 spiro atoms. The average molecular weight is 417 g/mol. The summed E-state index contributed by atoms with van der Waals surface area (Å²) in [5.74, 6) is 0.714. The fourth-order valence-corrected chi connectivity index (χ4v) is 2.96. The van der Waals surface area contributed by atoms with Crippen molar-refractivity contribution >= 4 is 11.6 Å². The molecule has 2 rings (SSSR count). The van der Waals surface area contributed by atoms with Gasteiger partial charge in [0, 0.05) is 6.61 Å². The van der Waals surface area contributed by atoms with E-state index in [1.807, 2.05) is 0 Å². The van der Waals surface area contributed by atoms with Gasteiger partial charge in [-0.3, -0.25) is 0 Å². The lowest BCUT2D eigenvalue weighted by atomic mass is 10.0. The molecular formula is C24H26F3NO2. The van der Waals surface area contributed by atoms with Crippen molar-refractivity contribution in [2.24, 2.45) is 0 Å². The van der Waals surface area contributed by atoms with Gasteiger partial charge in [0.2, 0.25) is 0 Å². The number of rotatable bonds is 11. The Morgan fingerprint density at radius 1 is 0.900 bits per heavy atom. The van der Waals surface area contributed by atoms with Crippen molar-refractivity contribution in [2.45, 2.75) is 44.7 Å². The first kappa shape index (κ1) is 23.5. The second-order valence-electron chi connectivity index (χ2n) is 7.01. The molecule has 0 aliphatic carbocycles. The van der Waals surface area contributed by atoms with E-state index >= 15 is 0 Å². The van der Waals surface area contributed by atoms with E-state index in [2.05, 4.69) is 6.07 Å². The van der Waals surface area contributed by atoms with Crippen molar-refractivity contribution in [3.63, 3.8) is 0 Å². The van der Waals surface area contributed by atoms with E-state index < -0.39 is 11.7 Å². The van der Waals surface area contributed by atoms with Gasteiger partial charge in [0.05, 0.1) is 23.8 Å². The number of halogens is 3. The van der Waals surface area contributed by atoms with E-state index in [-0.39, 0.29) is 6.61 Å². The summed E-state index contributed by atoms with van der Waals surface area (Å²) in [7, 11) is 0. The number of alkyl halides is 3. The third-order valence-electron chi connectivity index (χ3n) is 4.66. The fraction of sp³-hybridized carbons (Fsp3) is 0.375. The lowest BCUT2D eigenvalue weighted by Crippen LogP contribution is -2.03. The quantitative estimate of drug-likeness (QED) is 0.259. The highest BCUT2D eigenvalue weighted by atomic mass is 19.4. The second kappa shape index (κ2) is 12.0. The number of hydrogen-bond acceptors (Lipinski definition) is 3. The molecule has 0 amide bonds. The first-order chi connectivity index (χ1) is 14.4. The molecule has 160 valence electrons. The van der Waals surface area contributed by atoms with Gasteiger partial charge in [-0.2, -0.15) is 18.4 Å². The number of benzene rings is 2. The monoisotopic (exact) mass is 417 g/mol. The summed E-state index contributed by atoms with van der Waals surface area (Å²) in [6.07, 6.45) is 3.39. The van der Waals surface area contributed by atoms with E-state index in [4.69, 9.17) is 9.84 Å². The Bertz CT molecular complexity index is 835. The van der Waals surface area contributed by atoms with Gasteiger partial charge in [0.25, 0.3) is 0 Å². The van der Waals surface area contributed by atoms with Crippen molar-refractivity contribution in [3.8, 4) is 11.8 Å². The van der Waals surface area contributed by atoms with E-state index in [0.29, 0.717) is 29.1 Å². The largest absolute Gasteiger partial charge is 0.494 e. The molecule has 2 aromatic rings. The molecule has 1 N–H and O–H groups in total. The zero-order chi connectivity index (χ0) is 21.8. The number of nitriles is 1. The van der Waals surface area contributed by atoms with Crippen LogP contribution in [-0.4, -0.2) is 18.3 Å². The SMILES string of the molecule is N#C/C(=C\c1ccc(C(F)(F)F)cc1)c1ccc(OCCCCCCCCO)cc1. The van der Waals surface area contributed by atoms with Gasteiger partial charge >= 0.3 is 6.18 Å². The summed E-state index contributed by atoms with van der Waals surface area (Å²) in [5.41, 5.74) is 0.849. The van der Waals surface area contributed by atoms with E-state index in [0.717, 1.165) is 50.7 Å². The zero-order valence-electron chi connectivity index (χ0n) is 16.8. The van der Waals surface area contributed by atoms with Crippen LogP contribution in [0.1, 0.15) is 55.2 Å². The highest BCUT2D eigenvalue weighted by Gasteiger charge is 2.29. The lowest BCUT2D eigenvalue weighted by Gasteiger charge is -2.08. The van der Waals surface area contributed by atoms with Gasteiger partial charge in [-0.05, 0) is 66.4 Å². The summed E-state index contributed by atoms with van der Waals surface area (Å²) in [5, 5.41) is 18.2. The van der Waals surface area contributed by atoms with Crippen molar-refractivity contribution in [1.29, 1.82) is 5.26 Å². The molecule has 6 heteroatoms. The normalized spacial score (nSPS) is 11.9. The molecule has 0 heterocycles. The van der Waals surface area contributed by atoms with Crippen LogP contribution in [-0.2, 0) is 6.18 Å². The zero-order valence-corrected chi connectivity index (χ0v) is 16.8. The van der Waals surface area contributed by atoms with Crippen molar-refractivity contribution in [3.05, 3.63) is 65.2 Å². The molecule has 0 fully saturated rings. The number of ether oxygens (including phenoxy) is 1. The topological polar surface area (TPSA) is 53.2 Å². The van der Waals surface area contributed by atoms with Crippen LogP contribution in [0.25, 0.3) is 11.6 Å². The molecule has 0 unspecified atom stereocenters. The smallest absolute Gasteiger partial charge is 0.416 e. The number of nitrogens with zero attached hydrogens (tertiary/aromatic N) is 1. The fourth-order valence-electron chi connectivity index (χ4n) is 2.96. The van der Waals surface area contributed by atoms with Crippen LogP contribution in [0.3, 0.4) is 0 Å². The van der Waals surface area contributed by atoms with Crippen molar-refractivity contribution in [1.82, 2.24) is 0 Å². The van der Waals surface area contributed by atoms with Crippen molar-refractivity contribution < 1.29 is 23.0 Å². The van der Waals surface area contributed by atoms with Gasteiger partial charge in [0.1, 0.15) is 5.75 Å². The second-order valence-corrected chi connectivity index (χ2v) is 7.01. The number of allylic oxidation sites excluding steroid dienone is 1. The highest BCUT2D eigenvalue weighted by molar-refractivity contribution is 5.89. The minimum Gasteiger partial charge on any atom is -0.494 e. The summed E-state index contributed by atoms with van der Waals surface area (Å²) < 4.78 is 43.7. The highest BCUT2D eigenvalue weighted by Crippen LogP contribution is 2.30. The summed E-state index contributed by atoms with van der Waals surface area (Å²) in [6, 6.07) is 13.9. The van der Waals surface area contributed by atoms with Crippen LogP contribution in [0.2, 0.25) is 0 Å². The molecule has 0 saturated carbocycles. The maximum Gasteiger partial charge on any atom is 0.416 e. The van der Waals surface area contributed by atoms with Crippen LogP contribution in [0, 0.1) is 11.3 Å². The maximum atomic E-state index is 12.7. The minimum absolute atomic E-state index is 0.256. The van der Waals surface area contributed by atoms with Crippen LogP contribution in [0.15, 0.2) is 48.5 Å². The Balaban J connectivity index is 1.88. The van der Waals surface area contributed by atoms with E-state index in [1.54, 1.807) is 30.3 Å². The summed E-state index contributed by atoms with van der Waals surface area (Å²) in [4.78, 5) is 0. The molecule has 0 aliphatic rings. The summed E-state index contributed by atoms with van der Waals surface area (Å²) >= 11 is 0. The number of aliphatic hydroxyl groups excluding tert-OH is 1. The van der Waals surface area contributed by atoms with Gasteiger partial charge in [-0.25, -0.2) is 0 Å². The van der Waals surface area contributed by atoms with E-state index in [9.17, 15) is 18.4 Å². The third kappa shape index (κ3) is 7.92. The minimum atomic E-state index is -4.38. The standard InChI is InChI=1S/C24H26F3NO2/c25-24(26,27)22-11-7-19(8-12-22)17-21(18-28)20-9-13-23(14-10-20)30-16-6-4-2-1-3-5-15-29/h7-14,17,29H,1-6,15-16H2/b21-17+. The first-order valence-corrected chi connectivity index (χ1v) is 10.1. The molecule has 0 radical (unpaired) electrons. The Morgan fingerprint density at radius 2 is 1.50 bits per heavy atom. The Morgan fingerprint density at radius 3 is 2.07 bits per heavy atom. The number of unbranched alkanes of at least 4 members (excludes halogenated alkanes) is 5. The van der Waals surface area contributed by atoms with E-state index in [1.165, 1.54) is 12.1 Å². The molecule has 0 bridgehead atoms. The molecule has 0 atom stereocenters. The third-order valence-corrected chi connectivity index (χ3v) is 4.66. The first-order valence-electron chi connectivity index (χ1n) is 10.1. The van der Waals surface area contributed by atoms with Gasteiger partial charge in [0.15, 0.2) is 0 Å². The maximum absolute atomic E-state index is 12.7. The Labute approximate surface area is 175 Å². The molecule has 30 heavy (non-hydrogen) atoms. The molecule has 0 aliphatic heterocycles. The van der Waals surface area contributed by atoms with Crippen LogP contribution >= 0.6 is 0 Å². The Hall–Kier alpha value is -2.78. The molecule has 3 nitrogen and oxygen atoms in total. The van der Waals surface area contributed by atoms with Crippen LogP contribution in [0.4, 0.5) is 13.2 Å². The van der Waals surface area contributed by atoms with Crippen LogP contribution < -0.4 is 4.74 Å². The van der Waals surface area contributed by atoms with Gasteiger partial charge in [-0.1, -0.05) is 37.8 Å². The average Bonchev–Trinajstić information content (AvgIpc) is 2.74. The van der Waals surface area contributed by atoms with Crippen LogP contribution in [0.5, 0.6) is 5.75 Å². The summed E-state index contributed by atoms with van der Waals surface area (Å²) in [6.45, 7) is 0.873.